The molecule has 1 fully saturated rings. The first kappa shape index (κ1) is 14.4. The maximum Gasteiger partial charge on any atom is 0.150 e. The summed E-state index contributed by atoms with van der Waals surface area (Å²) in [4.78, 5) is 0. The van der Waals surface area contributed by atoms with E-state index < -0.39 is 9.84 Å². The number of hydrogen-bond donors (Lipinski definition) is 1. The van der Waals surface area contributed by atoms with Crippen molar-refractivity contribution in [2.45, 2.75) is 45.1 Å². The molecule has 0 atom stereocenters. The molecule has 1 aromatic carbocycles. The molecule has 3 nitrogen and oxygen atoms in total. The molecule has 0 saturated carbocycles. The van der Waals surface area contributed by atoms with E-state index in [0.717, 1.165) is 5.69 Å². The quantitative estimate of drug-likeness (QED) is 0.906. The van der Waals surface area contributed by atoms with Crippen molar-refractivity contribution in [1.29, 1.82) is 0 Å². The average Bonchev–Trinajstić information content (AvgIpc) is 2.31. The summed E-state index contributed by atoms with van der Waals surface area (Å²) in [7, 11) is -2.77. The van der Waals surface area contributed by atoms with Crippen molar-refractivity contribution in [3.8, 4) is 0 Å². The molecule has 0 unspecified atom stereocenters. The van der Waals surface area contributed by atoms with E-state index in [-0.39, 0.29) is 11.5 Å². The maximum atomic E-state index is 11.4. The minimum absolute atomic E-state index is 0.164. The third-order valence-corrected chi connectivity index (χ3v) is 5.39. The molecule has 1 aliphatic heterocycles. The smallest absolute Gasteiger partial charge is 0.150 e. The second-order valence-electron chi connectivity index (χ2n) is 6.40. The van der Waals surface area contributed by atoms with Crippen molar-refractivity contribution < 1.29 is 8.42 Å². The van der Waals surface area contributed by atoms with E-state index >= 15 is 0 Å². The van der Waals surface area contributed by atoms with Gasteiger partial charge in [0, 0.05) is 11.7 Å². The Kier molecular flexibility index (Phi) is 3.90. The fraction of sp³-hybridized carbons (Fsp3) is 0.600. The molecule has 1 saturated heterocycles. The lowest BCUT2D eigenvalue weighted by molar-refractivity contribution is 0.559. The Morgan fingerprint density at radius 3 is 2.05 bits per heavy atom. The number of rotatable bonds is 2. The zero-order valence-electron chi connectivity index (χ0n) is 11.9. The van der Waals surface area contributed by atoms with Gasteiger partial charge in [0.25, 0.3) is 0 Å². The van der Waals surface area contributed by atoms with E-state index in [2.05, 4.69) is 50.4 Å². The predicted molar refractivity (Wildman–Crippen MR) is 80.4 cm³/mol. The Hall–Kier alpha value is -1.03. The van der Waals surface area contributed by atoms with Gasteiger partial charge in [-0.2, -0.15) is 0 Å². The molecule has 4 heteroatoms. The van der Waals surface area contributed by atoms with E-state index in [1.165, 1.54) is 5.56 Å². The average molecular weight is 281 g/mol. The highest BCUT2D eigenvalue weighted by Crippen LogP contribution is 2.24. The highest BCUT2D eigenvalue weighted by atomic mass is 32.2. The highest BCUT2D eigenvalue weighted by Gasteiger charge is 2.23. The maximum absolute atomic E-state index is 11.4. The van der Waals surface area contributed by atoms with Gasteiger partial charge in [-0.1, -0.05) is 32.9 Å². The summed E-state index contributed by atoms with van der Waals surface area (Å²) >= 11 is 0. The first-order valence-corrected chi connectivity index (χ1v) is 8.66. The van der Waals surface area contributed by atoms with Crippen LogP contribution in [0.2, 0.25) is 0 Å². The van der Waals surface area contributed by atoms with Crippen LogP contribution >= 0.6 is 0 Å². The van der Waals surface area contributed by atoms with Crippen LogP contribution in [0.25, 0.3) is 0 Å². The Morgan fingerprint density at radius 1 is 1.05 bits per heavy atom. The lowest BCUT2D eigenvalue weighted by Gasteiger charge is -2.25. The van der Waals surface area contributed by atoms with Gasteiger partial charge < -0.3 is 5.32 Å². The van der Waals surface area contributed by atoms with Crippen LogP contribution in [0.1, 0.15) is 39.2 Å². The summed E-state index contributed by atoms with van der Waals surface area (Å²) in [6.45, 7) is 6.59. The fourth-order valence-corrected chi connectivity index (χ4v) is 3.83. The van der Waals surface area contributed by atoms with Gasteiger partial charge >= 0.3 is 0 Å². The van der Waals surface area contributed by atoms with Crippen LogP contribution < -0.4 is 5.32 Å². The largest absolute Gasteiger partial charge is 0.382 e. The fourth-order valence-electron chi connectivity index (χ4n) is 2.34. The molecule has 1 heterocycles. The van der Waals surface area contributed by atoms with Crippen molar-refractivity contribution >= 4 is 15.5 Å². The summed E-state index contributed by atoms with van der Waals surface area (Å²) in [5.74, 6) is 0.621. The second kappa shape index (κ2) is 5.16. The number of nitrogens with one attached hydrogen (secondary N) is 1. The van der Waals surface area contributed by atoms with Crippen LogP contribution in [-0.4, -0.2) is 26.0 Å². The topological polar surface area (TPSA) is 46.2 Å². The molecule has 1 aliphatic rings. The van der Waals surface area contributed by atoms with Gasteiger partial charge in [-0.25, -0.2) is 8.42 Å². The predicted octanol–water partition coefficient (Wildman–Crippen LogP) is 2.97. The van der Waals surface area contributed by atoms with Gasteiger partial charge in [0.05, 0.1) is 11.5 Å². The van der Waals surface area contributed by atoms with Gasteiger partial charge in [0.1, 0.15) is 9.84 Å². The van der Waals surface area contributed by atoms with Crippen LogP contribution in [0, 0.1) is 0 Å². The van der Waals surface area contributed by atoms with Crippen molar-refractivity contribution in [2.75, 3.05) is 16.8 Å². The van der Waals surface area contributed by atoms with E-state index in [1.807, 2.05) is 0 Å². The van der Waals surface area contributed by atoms with Crippen molar-refractivity contribution in [3.05, 3.63) is 29.8 Å². The van der Waals surface area contributed by atoms with E-state index in [1.54, 1.807) is 0 Å². The molecule has 19 heavy (non-hydrogen) atoms. The minimum atomic E-state index is -2.77. The van der Waals surface area contributed by atoms with Gasteiger partial charge in [-0.05, 0) is 36.0 Å². The SMILES string of the molecule is CC(C)(C)c1ccc(NC2CCS(=O)(=O)CC2)cc1. The number of benzene rings is 1. The monoisotopic (exact) mass is 281 g/mol. The molecule has 0 aliphatic carbocycles. The van der Waals surface area contributed by atoms with Crippen LogP contribution in [0.15, 0.2) is 24.3 Å². The van der Waals surface area contributed by atoms with E-state index in [4.69, 9.17) is 0 Å². The Balaban J connectivity index is 1.97. The van der Waals surface area contributed by atoms with Gasteiger partial charge in [-0.15, -0.1) is 0 Å². The van der Waals surface area contributed by atoms with Gasteiger partial charge in [-0.3, -0.25) is 0 Å². The second-order valence-corrected chi connectivity index (χ2v) is 8.70. The standard InChI is InChI=1S/C15H23NO2S/c1-15(2,3)12-4-6-13(7-5-12)16-14-8-10-19(17,18)11-9-14/h4-7,14,16H,8-11H2,1-3H3. The third-order valence-electron chi connectivity index (χ3n) is 3.68. The highest BCUT2D eigenvalue weighted by molar-refractivity contribution is 7.91. The van der Waals surface area contributed by atoms with Crippen molar-refractivity contribution in [3.63, 3.8) is 0 Å². The molecular formula is C15H23NO2S. The molecule has 2 rings (SSSR count). The molecule has 0 bridgehead atoms. The molecule has 1 N–H and O–H groups in total. The summed E-state index contributed by atoms with van der Waals surface area (Å²) < 4.78 is 22.8. The lowest BCUT2D eigenvalue weighted by Crippen LogP contribution is -2.32. The molecule has 106 valence electrons. The normalized spacial score (nSPS) is 20.2. The Labute approximate surface area is 116 Å². The summed E-state index contributed by atoms with van der Waals surface area (Å²) in [5, 5.41) is 3.43. The van der Waals surface area contributed by atoms with Gasteiger partial charge in [0.15, 0.2) is 0 Å². The van der Waals surface area contributed by atoms with Crippen molar-refractivity contribution in [2.24, 2.45) is 0 Å². The zero-order valence-corrected chi connectivity index (χ0v) is 12.8. The van der Waals surface area contributed by atoms with Gasteiger partial charge in [0.2, 0.25) is 0 Å². The first-order valence-electron chi connectivity index (χ1n) is 6.84. The van der Waals surface area contributed by atoms with Crippen LogP contribution in [0.4, 0.5) is 5.69 Å². The molecule has 0 amide bonds. The summed E-state index contributed by atoms with van der Waals surface area (Å²) in [6, 6.07) is 8.74. The molecular weight excluding hydrogens is 258 g/mol. The Morgan fingerprint density at radius 2 is 1.58 bits per heavy atom. The molecule has 1 aromatic rings. The van der Waals surface area contributed by atoms with E-state index in [0.29, 0.717) is 24.3 Å². The lowest BCUT2D eigenvalue weighted by atomic mass is 9.87. The zero-order chi connectivity index (χ0) is 14.1. The summed E-state index contributed by atoms with van der Waals surface area (Å²) in [5.41, 5.74) is 2.55. The third kappa shape index (κ3) is 3.96. The van der Waals surface area contributed by atoms with Crippen molar-refractivity contribution in [1.82, 2.24) is 0 Å². The number of hydrogen-bond acceptors (Lipinski definition) is 3. The molecule has 0 aromatic heterocycles. The van der Waals surface area contributed by atoms with Crippen LogP contribution in [0.5, 0.6) is 0 Å². The summed E-state index contributed by atoms with van der Waals surface area (Å²) in [6.07, 6.45) is 1.42. The Bertz CT molecular complexity index is 512. The molecule has 0 radical (unpaired) electrons. The number of anilines is 1. The van der Waals surface area contributed by atoms with Crippen LogP contribution in [-0.2, 0) is 15.3 Å². The minimum Gasteiger partial charge on any atom is -0.382 e. The molecule has 0 spiro atoms. The van der Waals surface area contributed by atoms with Crippen LogP contribution in [0.3, 0.4) is 0 Å². The first-order chi connectivity index (χ1) is 8.76. The van der Waals surface area contributed by atoms with E-state index in [9.17, 15) is 8.42 Å². The number of sulfone groups is 1.